The molecule has 0 atom stereocenters. The molecule has 17 heavy (non-hydrogen) atoms. The molecule has 0 bridgehead atoms. The van der Waals surface area contributed by atoms with E-state index in [2.05, 4.69) is 9.72 Å². The summed E-state index contributed by atoms with van der Waals surface area (Å²) in [6.07, 6.45) is -1.83. The molecule has 0 aromatic carbocycles. The van der Waals surface area contributed by atoms with E-state index in [4.69, 9.17) is 17.3 Å². The smallest absolute Gasteiger partial charge is 0.310 e. The number of carbonyl (C=O) groups is 1. The molecular weight excluding hydrogens is 254 g/mol. The number of nitrogens with zero attached hydrogens (tertiary/aromatic N) is 1. The molecule has 1 rings (SSSR count). The number of methoxy groups -OCH3 is 1. The van der Waals surface area contributed by atoms with Gasteiger partial charge in [0.25, 0.3) is 6.43 Å². The van der Waals surface area contributed by atoms with Gasteiger partial charge in [-0.3, -0.25) is 4.79 Å². The third-order valence-corrected chi connectivity index (χ3v) is 2.56. The summed E-state index contributed by atoms with van der Waals surface area (Å²) in [5.74, 6) is -0.635. The summed E-state index contributed by atoms with van der Waals surface area (Å²) in [7, 11) is 1.18. The van der Waals surface area contributed by atoms with Gasteiger partial charge in [0.05, 0.1) is 19.1 Å². The number of ether oxygens (including phenoxy) is 1. The number of esters is 1. The highest BCUT2D eigenvalue weighted by molar-refractivity contribution is 6.30. The minimum Gasteiger partial charge on any atom is -0.469 e. The van der Waals surface area contributed by atoms with Gasteiger partial charge >= 0.3 is 5.97 Å². The van der Waals surface area contributed by atoms with Gasteiger partial charge in [-0.25, -0.2) is 13.8 Å². The number of aromatic nitrogens is 1. The first-order valence-corrected chi connectivity index (χ1v) is 5.10. The van der Waals surface area contributed by atoms with Gasteiger partial charge in [0.2, 0.25) is 0 Å². The van der Waals surface area contributed by atoms with E-state index in [1.54, 1.807) is 0 Å². The van der Waals surface area contributed by atoms with E-state index < -0.39 is 18.0 Å². The quantitative estimate of drug-likeness (QED) is 0.666. The Labute approximate surface area is 102 Å². The van der Waals surface area contributed by atoms with Crippen LogP contribution in [-0.4, -0.2) is 18.1 Å². The van der Waals surface area contributed by atoms with Crippen molar-refractivity contribution < 1.29 is 18.3 Å². The van der Waals surface area contributed by atoms with Gasteiger partial charge in [0, 0.05) is 12.7 Å². The SMILES string of the molecule is COC(=O)Cc1c(CN)cnc(Cl)c1C(F)F. The summed E-state index contributed by atoms with van der Waals surface area (Å²) >= 11 is 5.60. The zero-order chi connectivity index (χ0) is 13.0. The Balaban J connectivity index is 3.29. The van der Waals surface area contributed by atoms with E-state index in [1.165, 1.54) is 13.3 Å². The van der Waals surface area contributed by atoms with Crippen LogP contribution in [0, 0.1) is 0 Å². The molecule has 0 unspecified atom stereocenters. The third kappa shape index (κ3) is 3.10. The second-order valence-electron chi connectivity index (χ2n) is 3.22. The van der Waals surface area contributed by atoms with Gasteiger partial charge in [-0.15, -0.1) is 0 Å². The fourth-order valence-corrected chi connectivity index (χ4v) is 1.65. The molecule has 7 heteroatoms. The van der Waals surface area contributed by atoms with Gasteiger partial charge in [-0.1, -0.05) is 11.6 Å². The molecule has 0 radical (unpaired) electrons. The number of halogens is 3. The Morgan fingerprint density at radius 1 is 1.65 bits per heavy atom. The van der Waals surface area contributed by atoms with Crippen molar-refractivity contribution in [1.82, 2.24) is 4.98 Å². The maximum absolute atomic E-state index is 12.8. The zero-order valence-corrected chi connectivity index (χ0v) is 9.80. The van der Waals surface area contributed by atoms with Crippen molar-refractivity contribution in [3.63, 3.8) is 0 Å². The van der Waals surface area contributed by atoms with Crippen LogP contribution in [0.2, 0.25) is 5.15 Å². The van der Waals surface area contributed by atoms with Crippen LogP contribution in [-0.2, 0) is 22.5 Å². The first kappa shape index (κ1) is 13.8. The van der Waals surface area contributed by atoms with Gasteiger partial charge < -0.3 is 10.5 Å². The van der Waals surface area contributed by atoms with Crippen molar-refractivity contribution in [1.29, 1.82) is 0 Å². The summed E-state index contributed by atoms with van der Waals surface area (Å²) in [5, 5.41) is -0.323. The van der Waals surface area contributed by atoms with Crippen LogP contribution in [0.5, 0.6) is 0 Å². The minimum atomic E-state index is -2.82. The van der Waals surface area contributed by atoms with E-state index in [9.17, 15) is 13.6 Å². The predicted molar refractivity (Wildman–Crippen MR) is 57.8 cm³/mol. The van der Waals surface area contributed by atoms with E-state index in [0.717, 1.165) is 0 Å². The Morgan fingerprint density at radius 3 is 2.76 bits per heavy atom. The van der Waals surface area contributed by atoms with E-state index in [-0.39, 0.29) is 23.7 Å². The van der Waals surface area contributed by atoms with Crippen molar-refractivity contribution in [2.45, 2.75) is 19.4 Å². The standard InChI is InChI=1S/C10H11ClF2N2O2/c1-17-7(16)2-6-5(3-14)4-15-9(11)8(6)10(12)13/h4,10H,2-3,14H2,1H3. The van der Waals surface area contributed by atoms with E-state index in [1.807, 2.05) is 0 Å². The molecule has 0 aliphatic rings. The van der Waals surface area contributed by atoms with Crippen LogP contribution in [0.25, 0.3) is 0 Å². The predicted octanol–water partition coefficient (Wildman–Crippen LogP) is 1.85. The lowest BCUT2D eigenvalue weighted by Gasteiger charge is -2.13. The highest BCUT2D eigenvalue weighted by Crippen LogP contribution is 2.31. The first-order chi connectivity index (χ1) is 8.01. The lowest BCUT2D eigenvalue weighted by molar-refractivity contribution is -0.139. The Hall–Kier alpha value is -1.27. The Bertz CT molecular complexity index is 427. The lowest BCUT2D eigenvalue weighted by Crippen LogP contribution is -2.13. The molecule has 0 spiro atoms. The van der Waals surface area contributed by atoms with E-state index in [0.29, 0.717) is 5.56 Å². The monoisotopic (exact) mass is 264 g/mol. The van der Waals surface area contributed by atoms with Gasteiger partial charge in [-0.05, 0) is 11.1 Å². The van der Waals surface area contributed by atoms with Crippen LogP contribution in [0.1, 0.15) is 23.1 Å². The second-order valence-corrected chi connectivity index (χ2v) is 3.58. The number of pyridine rings is 1. The van der Waals surface area contributed by atoms with Crippen molar-refractivity contribution in [3.05, 3.63) is 28.0 Å². The molecule has 0 saturated carbocycles. The lowest BCUT2D eigenvalue weighted by atomic mass is 10.0. The average molecular weight is 265 g/mol. The Morgan fingerprint density at radius 2 is 2.29 bits per heavy atom. The summed E-state index contributed by atoms with van der Waals surface area (Å²) in [4.78, 5) is 14.8. The second kappa shape index (κ2) is 5.88. The molecule has 0 fully saturated rings. The zero-order valence-electron chi connectivity index (χ0n) is 9.04. The topological polar surface area (TPSA) is 65.2 Å². The van der Waals surface area contributed by atoms with Gasteiger partial charge in [0.15, 0.2) is 0 Å². The van der Waals surface area contributed by atoms with Crippen molar-refractivity contribution in [2.24, 2.45) is 5.73 Å². The number of rotatable bonds is 4. The normalized spacial score (nSPS) is 10.7. The summed E-state index contributed by atoms with van der Waals surface area (Å²) in [6, 6.07) is 0. The highest BCUT2D eigenvalue weighted by Gasteiger charge is 2.22. The molecule has 2 N–H and O–H groups in total. The summed E-state index contributed by atoms with van der Waals surface area (Å²) in [6.45, 7) is -0.00375. The average Bonchev–Trinajstić information content (AvgIpc) is 2.28. The molecule has 0 aliphatic carbocycles. The first-order valence-electron chi connectivity index (χ1n) is 4.72. The van der Waals surface area contributed by atoms with Crippen molar-refractivity contribution in [3.8, 4) is 0 Å². The number of alkyl halides is 2. The van der Waals surface area contributed by atoms with Crippen LogP contribution in [0.15, 0.2) is 6.20 Å². The molecule has 4 nitrogen and oxygen atoms in total. The fraction of sp³-hybridized carbons (Fsp3) is 0.400. The maximum atomic E-state index is 12.8. The van der Waals surface area contributed by atoms with Crippen LogP contribution >= 0.6 is 11.6 Å². The molecule has 0 amide bonds. The molecule has 1 aromatic rings. The van der Waals surface area contributed by atoms with Gasteiger partial charge in [0.1, 0.15) is 5.15 Å². The van der Waals surface area contributed by atoms with Crippen LogP contribution < -0.4 is 5.73 Å². The minimum absolute atomic E-state index is 0.00375. The number of nitrogens with two attached hydrogens (primary N) is 1. The van der Waals surface area contributed by atoms with Crippen LogP contribution in [0.4, 0.5) is 8.78 Å². The van der Waals surface area contributed by atoms with Crippen molar-refractivity contribution >= 4 is 17.6 Å². The Kier molecular flexibility index (Phi) is 4.77. The maximum Gasteiger partial charge on any atom is 0.310 e. The van der Waals surface area contributed by atoms with Crippen molar-refractivity contribution in [2.75, 3.05) is 7.11 Å². The number of carbonyl (C=O) groups excluding carboxylic acids is 1. The molecule has 0 aliphatic heterocycles. The highest BCUT2D eigenvalue weighted by atomic mass is 35.5. The largest absolute Gasteiger partial charge is 0.469 e. The third-order valence-electron chi connectivity index (χ3n) is 2.26. The molecule has 0 saturated heterocycles. The van der Waals surface area contributed by atoms with Crippen LogP contribution in [0.3, 0.4) is 0 Å². The number of hydrogen-bond donors (Lipinski definition) is 1. The van der Waals surface area contributed by atoms with E-state index >= 15 is 0 Å². The number of hydrogen-bond acceptors (Lipinski definition) is 4. The summed E-state index contributed by atoms with van der Waals surface area (Å²) < 4.78 is 30.1. The molecule has 1 heterocycles. The molecular formula is C10H11ClF2N2O2. The molecule has 94 valence electrons. The fourth-order valence-electron chi connectivity index (χ4n) is 1.40. The summed E-state index contributed by atoms with van der Waals surface area (Å²) in [5.41, 5.74) is 5.40. The van der Waals surface area contributed by atoms with Gasteiger partial charge in [-0.2, -0.15) is 0 Å². The molecule has 1 aromatic heterocycles.